The monoisotopic (exact) mass is 348 g/mol. The third-order valence-corrected chi connectivity index (χ3v) is 4.49. The van der Waals surface area contributed by atoms with Crippen LogP contribution in [-0.4, -0.2) is 21.1 Å². The van der Waals surface area contributed by atoms with Gasteiger partial charge < -0.3 is 5.73 Å². The SMILES string of the molecule is NCCc1cc(Br)ccc1Sc1nnc2ccccn12. The zero-order valence-corrected chi connectivity index (χ0v) is 13.1. The summed E-state index contributed by atoms with van der Waals surface area (Å²) in [5.74, 6) is 0. The Balaban J connectivity index is 1.98. The number of pyridine rings is 1. The van der Waals surface area contributed by atoms with Crippen LogP contribution < -0.4 is 5.73 Å². The molecule has 0 aliphatic carbocycles. The second-order valence-corrected chi connectivity index (χ2v) is 6.23. The molecule has 0 aliphatic rings. The van der Waals surface area contributed by atoms with Crippen molar-refractivity contribution in [3.05, 3.63) is 52.6 Å². The molecule has 0 fully saturated rings. The zero-order valence-electron chi connectivity index (χ0n) is 10.7. The average Bonchev–Trinajstić information content (AvgIpc) is 2.86. The molecule has 4 nitrogen and oxygen atoms in total. The number of benzene rings is 1. The van der Waals surface area contributed by atoms with Crippen molar-refractivity contribution in [2.45, 2.75) is 16.5 Å². The zero-order chi connectivity index (χ0) is 13.9. The van der Waals surface area contributed by atoms with Gasteiger partial charge in [0.25, 0.3) is 0 Å². The maximum Gasteiger partial charge on any atom is 0.200 e. The minimum atomic E-state index is 0.630. The molecule has 0 radical (unpaired) electrons. The predicted molar refractivity (Wildman–Crippen MR) is 84.0 cm³/mol. The van der Waals surface area contributed by atoms with Gasteiger partial charge in [0, 0.05) is 15.6 Å². The van der Waals surface area contributed by atoms with E-state index in [2.05, 4.69) is 38.3 Å². The van der Waals surface area contributed by atoms with Crippen LogP contribution in [0.25, 0.3) is 5.65 Å². The summed E-state index contributed by atoms with van der Waals surface area (Å²) < 4.78 is 3.05. The van der Waals surface area contributed by atoms with E-state index < -0.39 is 0 Å². The van der Waals surface area contributed by atoms with Gasteiger partial charge in [0.1, 0.15) is 0 Å². The van der Waals surface area contributed by atoms with Crippen molar-refractivity contribution in [1.82, 2.24) is 14.6 Å². The van der Waals surface area contributed by atoms with Crippen molar-refractivity contribution >= 4 is 33.3 Å². The van der Waals surface area contributed by atoms with Gasteiger partial charge in [0.15, 0.2) is 10.8 Å². The molecule has 3 rings (SSSR count). The highest BCUT2D eigenvalue weighted by Crippen LogP contribution is 2.31. The summed E-state index contributed by atoms with van der Waals surface area (Å²) in [6, 6.07) is 12.1. The van der Waals surface area contributed by atoms with Gasteiger partial charge in [-0.15, -0.1) is 10.2 Å². The number of rotatable bonds is 4. The summed E-state index contributed by atoms with van der Waals surface area (Å²) in [6.07, 6.45) is 2.82. The van der Waals surface area contributed by atoms with Crippen LogP contribution >= 0.6 is 27.7 Å². The van der Waals surface area contributed by atoms with E-state index in [-0.39, 0.29) is 0 Å². The predicted octanol–water partition coefficient (Wildman–Crippen LogP) is 3.14. The molecule has 2 aromatic heterocycles. The highest BCUT2D eigenvalue weighted by molar-refractivity contribution is 9.10. The molecule has 0 unspecified atom stereocenters. The van der Waals surface area contributed by atoms with Gasteiger partial charge in [0.2, 0.25) is 0 Å². The summed E-state index contributed by atoms with van der Waals surface area (Å²) in [5, 5.41) is 9.28. The highest BCUT2D eigenvalue weighted by atomic mass is 79.9. The first-order chi connectivity index (χ1) is 9.78. The molecule has 6 heteroatoms. The molecule has 0 atom stereocenters. The molecule has 102 valence electrons. The number of nitrogens with two attached hydrogens (primary N) is 1. The lowest BCUT2D eigenvalue weighted by atomic mass is 10.1. The number of hydrogen-bond acceptors (Lipinski definition) is 4. The lowest BCUT2D eigenvalue weighted by molar-refractivity contribution is 0.912. The maximum absolute atomic E-state index is 5.69. The van der Waals surface area contributed by atoms with Gasteiger partial charge in [-0.3, -0.25) is 4.40 Å². The fourth-order valence-corrected chi connectivity index (χ4v) is 3.35. The first-order valence-corrected chi connectivity index (χ1v) is 7.85. The van der Waals surface area contributed by atoms with Crippen LogP contribution in [0.15, 0.2) is 57.1 Å². The van der Waals surface area contributed by atoms with E-state index in [1.165, 1.54) is 5.56 Å². The average molecular weight is 349 g/mol. The van der Waals surface area contributed by atoms with E-state index in [0.29, 0.717) is 6.54 Å². The van der Waals surface area contributed by atoms with E-state index in [9.17, 15) is 0 Å². The molecule has 2 N–H and O–H groups in total. The third-order valence-electron chi connectivity index (χ3n) is 2.92. The molecule has 2 heterocycles. The van der Waals surface area contributed by atoms with Crippen molar-refractivity contribution in [2.24, 2.45) is 5.73 Å². The lowest BCUT2D eigenvalue weighted by Gasteiger charge is -2.08. The van der Waals surface area contributed by atoms with E-state index in [1.807, 2.05) is 34.9 Å². The first-order valence-electron chi connectivity index (χ1n) is 6.24. The molecular formula is C14H13BrN4S. The Morgan fingerprint density at radius 3 is 2.95 bits per heavy atom. The maximum atomic E-state index is 5.69. The summed E-state index contributed by atoms with van der Waals surface area (Å²) in [4.78, 5) is 1.16. The van der Waals surface area contributed by atoms with E-state index in [1.54, 1.807) is 11.8 Å². The molecule has 0 saturated heterocycles. The largest absolute Gasteiger partial charge is 0.330 e. The van der Waals surface area contributed by atoms with Crippen molar-refractivity contribution in [2.75, 3.05) is 6.54 Å². The van der Waals surface area contributed by atoms with Crippen LogP contribution in [0.2, 0.25) is 0 Å². The van der Waals surface area contributed by atoms with Crippen LogP contribution in [0.5, 0.6) is 0 Å². The van der Waals surface area contributed by atoms with Gasteiger partial charge in [-0.1, -0.05) is 22.0 Å². The molecule has 3 aromatic rings. The Morgan fingerprint density at radius 2 is 2.10 bits per heavy atom. The molecule has 0 amide bonds. The number of aromatic nitrogens is 3. The standard InChI is InChI=1S/C14H13BrN4S/c15-11-4-5-12(10(9-11)6-7-16)20-14-18-17-13-3-1-2-8-19(13)14/h1-5,8-9H,6-7,16H2. The van der Waals surface area contributed by atoms with E-state index in [4.69, 9.17) is 5.73 Å². The summed E-state index contributed by atoms with van der Waals surface area (Å²) >= 11 is 5.11. The number of fused-ring (bicyclic) bond motifs is 1. The van der Waals surface area contributed by atoms with Crippen molar-refractivity contribution in [1.29, 1.82) is 0 Å². The summed E-state index contributed by atoms with van der Waals surface area (Å²) in [6.45, 7) is 0.630. The van der Waals surface area contributed by atoms with Gasteiger partial charge in [-0.25, -0.2) is 0 Å². The summed E-state index contributed by atoms with van der Waals surface area (Å²) in [5.41, 5.74) is 7.76. The quantitative estimate of drug-likeness (QED) is 0.786. The van der Waals surface area contributed by atoms with Crippen LogP contribution in [0.3, 0.4) is 0 Å². The number of nitrogens with zero attached hydrogens (tertiary/aromatic N) is 3. The number of halogens is 1. The van der Waals surface area contributed by atoms with Crippen molar-refractivity contribution in [3.63, 3.8) is 0 Å². The Morgan fingerprint density at radius 1 is 1.20 bits per heavy atom. The van der Waals surface area contributed by atoms with Crippen LogP contribution in [0.4, 0.5) is 0 Å². The normalized spacial score (nSPS) is 11.1. The first kappa shape index (κ1) is 13.6. The topological polar surface area (TPSA) is 56.2 Å². The van der Waals surface area contributed by atoms with Gasteiger partial charge in [0.05, 0.1) is 0 Å². The Hall–Kier alpha value is -1.37. The van der Waals surface area contributed by atoms with E-state index >= 15 is 0 Å². The minimum absolute atomic E-state index is 0.630. The minimum Gasteiger partial charge on any atom is -0.330 e. The molecular weight excluding hydrogens is 336 g/mol. The molecule has 1 aromatic carbocycles. The fourth-order valence-electron chi connectivity index (χ4n) is 1.99. The smallest absolute Gasteiger partial charge is 0.200 e. The Labute approximate surface area is 129 Å². The number of hydrogen-bond donors (Lipinski definition) is 1. The fraction of sp³-hybridized carbons (Fsp3) is 0.143. The van der Waals surface area contributed by atoms with E-state index in [0.717, 1.165) is 26.6 Å². The second-order valence-electron chi connectivity index (χ2n) is 4.30. The Bertz CT molecular complexity index is 741. The molecule has 0 spiro atoms. The third kappa shape index (κ3) is 2.72. The van der Waals surface area contributed by atoms with Crippen LogP contribution in [-0.2, 0) is 6.42 Å². The second kappa shape index (κ2) is 5.95. The molecule has 0 saturated carbocycles. The highest BCUT2D eigenvalue weighted by Gasteiger charge is 2.10. The Kier molecular flexibility index (Phi) is 4.05. The summed E-state index contributed by atoms with van der Waals surface area (Å²) in [7, 11) is 0. The molecule has 20 heavy (non-hydrogen) atoms. The lowest BCUT2D eigenvalue weighted by Crippen LogP contribution is -2.03. The van der Waals surface area contributed by atoms with Gasteiger partial charge in [-0.05, 0) is 60.6 Å². The van der Waals surface area contributed by atoms with Crippen LogP contribution in [0.1, 0.15) is 5.56 Å². The van der Waals surface area contributed by atoms with Crippen molar-refractivity contribution in [3.8, 4) is 0 Å². The molecule has 0 bridgehead atoms. The van der Waals surface area contributed by atoms with Gasteiger partial charge in [-0.2, -0.15) is 0 Å². The molecule has 0 aliphatic heterocycles. The van der Waals surface area contributed by atoms with Crippen molar-refractivity contribution < 1.29 is 0 Å². The van der Waals surface area contributed by atoms with Gasteiger partial charge >= 0.3 is 0 Å². The van der Waals surface area contributed by atoms with Crippen LogP contribution in [0, 0.1) is 0 Å².